The van der Waals surface area contributed by atoms with Crippen molar-refractivity contribution >= 4 is 22.8 Å². The smallest absolute Gasteiger partial charge is 0.330 e. The maximum Gasteiger partial charge on any atom is 0.330 e. The van der Waals surface area contributed by atoms with Gasteiger partial charge in [0, 0.05) is 24.1 Å². The summed E-state index contributed by atoms with van der Waals surface area (Å²) in [5.41, 5.74) is 2.83. The average Bonchev–Trinajstić information content (AvgIpc) is 3.51. The molecule has 0 spiro atoms. The second-order valence-electron chi connectivity index (χ2n) is 8.35. The topological polar surface area (TPSA) is 126 Å². The summed E-state index contributed by atoms with van der Waals surface area (Å²) < 4.78 is 6.53. The van der Waals surface area contributed by atoms with Crippen molar-refractivity contribution in [3.05, 3.63) is 117 Å². The third-order valence-electron chi connectivity index (χ3n) is 5.79. The fraction of sp³-hybridized carbons (Fsp3) is 0.154. The standard InChI is InChI=1S/C26H23N5O4/c1-16(32)27-20-9-5-8-19(13-20)21(12-17-6-3-2-4-7-17)23-28-22-24(29-23)31(26(34)30-25(22)33)14-18-10-11-35-15-18/h2-11,13,15,21H,12,14H2,1H3,(H,27,32)(H,28,29)(H,30,33,34). The molecule has 2 aromatic carbocycles. The molecule has 3 N–H and O–H groups in total. The molecular weight excluding hydrogens is 446 g/mol. The molecule has 0 aliphatic heterocycles. The highest BCUT2D eigenvalue weighted by molar-refractivity contribution is 5.88. The van der Waals surface area contributed by atoms with Gasteiger partial charge in [0.15, 0.2) is 5.65 Å². The van der Waals surface area contributed by atoms with Crippen molar-refractivity contribution in [3.63, 3.8) is 0 Å². The lowest BCUT2D eigenvalue weighted by atomic mass is 9.91. The normalized spacial score (nSPS) is 12.0. The Labute approximate surface area is 199 Å². The van der Waals surface area contributed by atoms with E-state index >= 15 is 0 Å². The van der Waals surface area contributed by atoms with E-state index in [-0.39, 0.29) is 29.5 Å². The van der Waals surface area contributed by atoms with E-state index in [0.29, 0.717) is 17.9 Å². The van der Waals surface area contributed by atoms with Gasteiger partial charge in [0.2, 0.25) is 5.91 Å². The Hall–Kier alpha value is -4.66. The van der Waals surface area contributed by atoms with Gasteiger partial charge in [0.25, 0.3) is 5.56 Å². The first-order valence-electron chi connectivity index (χ1n) is 11.1. The summed E-state index contributed by atoms with van der Waals surface area (Å²) >= 11 is 0. The zero-order valence-electron chi connectivity index (χ0n) is 18.9. The number of aromatic amines is 2. The molecule has 5 rings (SSSR count). The van der Waals surface area contributed by atoms with E-state index in [4.69, 9.17) is 9.40 Å². The van der Waals surface area contributed by atoms with E-state index in [0.717, 1.165) is 16.7 Å². The van der Waals surface area contributed by atoms with Crippen LogP contribution in [0.1, 0.15) is 35.4 Å². The lowest BCUT2D eigenvalue weighted by molar-refractivity contribution is -0.114. The highest BCUT2D eigenvalue weighted by Gasteiger charge is 2.22. The zero-order valence-corrected chi connectivity index (χ0v) is 18.9. The number of furan rings is 1. The van der Waals surface area contributed by atoms with Gasteiger partial charge in [-0.3, -0.25) is 19.1 Å². The molecule has 3 aromatic heterocycles. The van der Waals surface area contributed by atoms with Crippen LogP contribution in [-0.4, -0.2) is 25.4 Å². The minimum absolute atomic E-state index is 0.166. The van der Waals surface area contributed by atoms with Crippen LogP contribution in [-0.2, 0) is 17.8 Å². The summed E-state index contributed by atoms with van der Waals surface area (Å²) in [6, 6.07) is 19.2. The molecule has 0 saturated heterocycles. The SMILES string of the molecule is CC(=O)Nc1cccc(C(Cc2ccccc2)c2nc3c([nH]2)c(=O)[nH]c(=O)n3Cc2ccoc2)c1. The first kappa shape index (κ1) is 22.1. The highest BCUT2D eigenvalue weighted by Crippen LogP contribution is 2.29. The molecule has 176 valence electrons. The molecule has 0 radical (unpaired) electrons. The van der Waals surface area contributed by atoms with E-state index in [2.05, 4.69) is 15.3 Å². The molecule has 0 aliphatic carbocycles. The van der Waals surface area contributed by atoms with Crippen molar-refractivity contribution in [2.24, 2.45) is 0 Å². The minimum atomic E-state index is -0.547. The number of aromatic nitrogens is 4. The van der Waals surface area contributed by atoms with Crippen LogP contribution in [0.2, 0.25) is 0 Å². The lowest BCUT2D eigenvalue weighted by Gasteiger charge is -2.17. The molecule has 35 heavy (non-hydrogen) atoms. The van der Waals surface area contributed by atoms with Gasteiger partial charge >= 0.3 is 5.69 Å². The number of rotatable bonds is 7. The molecule has 0 bridgehead atoms. The third kappa shape index (κ3) is 4.70. The van der Waals surface area contributed by atoms with Gasteiger partial charge in [0.05, 0.1) is 19.1 Å². The second-order valence-corrected chi connectivity index (χ2v) is 8.35. The number of carbonyl (C=O) groups is 1. The molecular formula is C26H23N5O4. The van der Waals surface area contributed by atoms with E-state index in [1.165, 1.54) is 17.8 Å². The molecule has 9 nitrogen and oxygen atoms in total. The van der Waals surface area contributed by atoms with Gasteiger partial charge in [-0.15, -0.1) is 0 Å². The van der Waals surface area contributed by atoms with Crippen molar-refractivity contribution in [1.29, 1.82) is 0 Å². The molecule has 0 aliphatic rings. The van der Waals surface area contributed by atoms with Crippen LogP contribution in [0, 0.1) is 0 Å². The molecule has 0 saturated carbocycles. The minimum Gasteiger partial charge on any atom is -0.472 e. The van der Waals surface area contributed by atoms with E-state index in [1.54, 1.807) is 12.3 Å². The molecule has 3 heterocycles. The van der Waals surface area contributed by atoms with Crippen molar-refractivity contribution < 1.29 is 9.21 Å². The third-order valence-corrected chi connectivity index (χ3v) is 5.79. The van der Waals surface area contributed by atoms with Crippen LogP contribution in [0.5, 0.6) is 0 Å². The maximum atomic E-state index is 12.7. The highest BCUT2D eigenvalue weighted by atomic mass is 16.3. The Morgan fingerprint density at radius 1 is 1.06 bits per heavy atom. The predicted octanol–water partition coefficient (Wildman–Crippen LogP) is 3.39. The number of nitrogens with zero attached hydrogens (tertiary/aromatic N) is 2. The number of carbonyl (C=O) groups excluding carboxylic acids is 1. The summed E-state index contributed by atoms with van der Waals surface area (Å²) in [4.78, 5) is 47.2. The number of hydrogen-bond donors (Lipinski definition) is 3. The fourth-order valence-electron chi connectivity index (χ4n) is 4.19. The van der Waals surface area contributed by atoms with Gasteiger partial charge in [-0.05, 0) is 35.7 Å². The number of imidazole rings is 1. The number of benzene rings is 2. The summed E-state index contributed by atoms with van der Waals surface area (Å²) in [7, 11) is 0. The molecule has 1 unspecified atom stereocenters. The molecule has 0 fully saturated rings. The monoisotopic (exact) mass is 469 g/mol. The quantitative estimate of drug-likeness (QED) is 0.337. The van der Waals surface area contributed by atoms with Crippen LogP contribution in [0.4, 0.5) is 5.69 Å². The van der Waals surface area contributed by atoms with Crippen LogP contribution in [0.25, 0.3) is 11.2 Å². The molecule has 9 heteroatoms. The summed E-state index contributed by atoms with van der Waals surface area (Å²) in [5.74, 6) is 0.108. The van der Waals surface area contributed by atoms with Crippen LogP contribution in [0.3, 0.4) is 0 Å². The van der Waals surface area contributed by atoms with Crippen LogP contribution < -0.4 is 16.6 Å². The predicted molar refractivity (Wildman–Crippen MR) is 132 cm³/mol. The number of hydrogen-bond acceptors (Lipinski definition) is 5. The Bertz CT molecular complexity index is 1600. The van der Waals surface area contributed by atoms with Crippen molar-refractivity contribution in [2.45, 2.75) is 25.8 Å². The summed E-state index contributed by atoms with van der Waals surface area (Å²) in [5, 5.41) is 2.81. The number of nitrogens with one attached hydrogen (secondary N) is 3. The van der Waals surface area contributed by atoms with E-state index < -0.39 is 11.2 Å². The number of amides is 1. The van der Waals surface area contributed by atoms with Gasteiger partial charge in [-0.25, -0.2) is 9.78 Å². The van der Waals surface area contributed by atoms with Crippen molar-refractivity contribution in [2.75, 3.05) is 5.32 Å². The Morgan fingerprint density at radius 3 is 2.63 bits per heavy atom. The summed E-state index contributed by atoms with van der Waals surface area (Å²) in [6.07, 6.45) is 3.66. The number of fused-ring (bicyclic) bond motifs is 1. The Balaban J connectivity index is 1.64. The van der Waals surface area contributed by atoms with Crippen LogP contribution >= 0.6 is 0 Å². The maximum absolute atomic E-state index is 12.7. The molecule has 5 aromatic rings. The Kier molecular flexibility index (Phi) is 5.88. The number of anilines is 1. The fourth-order valence-corrected chi connectivity index (χ4v) is 4.19. The van der Waals surface area contributed by atoms with Gasteiger partial charge < -0.3 is 14.7 Å². The van der Waals surface area contributed by atoms with Gasteiger partial charge in [-0.1, -0.05) is 42.5 Å². The Morgan fingerprint density at radius 2 is 1.89 bits per heavy atom. The summed E-state index contributed by atoms with van der Waals surface area (Å²) in [6.45, 7) is 1.66. The van der Waals surface area contributed by atoms with Crippen LogP contribution in [0.15, 0.2) is 87.2 Å². The van der Waals surface area contributed by atoms with Crippen molar-refractivity contribution in [3.8, 4) is 0 Å². The first-order chi connectivity index (χ1) is 17.0. The number of H-pyrrole nitrogens is 2. The second kappa shape index (κ2) is 9.30. The largest absolute Gasteiger partial charge is 0.472 e. The van der Waals surface area contributed by atoms with Crippen molar-refractivity contribution in [1.82, 2.24) is 19.5 Å². The first-order valence-corrected chi connectivity index (χ1v) is 11.1. The average molecular weight is 470 g/mol. The lowest BCUT2D eigenvalue weighted by Crippen LogP contribution is -2.30. The van der Waals surface area contributed by atoms with E-state index in [9.17, 15) is 14.4 Å². The van der Waals surface area contributed by atoms with E-state index in [1.807, 2.05) is 54.6 Å². The van der Waals surface area contributed by atoms with Gasteiger partial charge in [0.1, 0.15) is 11.3 Å². The molecule has 1 amide bonds. The van der Waals surface area contributed by atoms with Gasteiger partial charge in [-0.2, -0.15) is 0 Å². The zero-order chi connectivity index (χ0) is 24.4. The molecule has 1 atom stereocenters.